The van der Waals surface area contributed by atoms with E-state index in [2.05, 4.69) is 72.3 Å². The molecule has 2 heterocycles. The Morgan fingerprint density at radius 2 is 1.87 bits per heavy atom. The number of aryl methyl sites for hydroxylation is 1. The third kappa shape index (κ3) is 5.31. The van der Waals surface area contributed by atoms with Gasteiger partial charge in [-0.25, -0.2) is 0 Å². The van der Waals surface area contributed by atoms with Gasteiger partial charge in [-0.05, 0) is 53.3 Å². The molecule has 0 saturated carbocycles. The predicted molar refractivity (Wildman–Crippen MR) is 123 cm³/mol. The molecule has 2 N–H and O–H groups in total. The first-order valence-electron chi connectivity index (χ1n) is 11.1. The molecule has 4 nitrogen and oxygen atoms in total. The normalized spacial score (nSPS) is 16.8. The highest BCUT2D eigenvalue weighted by atomic mass is 16.5. The van der Waals surface area contributed by atoms with E-state index in [-0.39, 0.29) is 11.5 Å². The van der Waals surface area contributed by atoms with Gasteiger partial charge in [0.15, 0.2) is 0 Å². The molecule has 4 heteroatoms. The molecule has 1 unspecified atom stereocenters. The van der Waals surface area contributed by atoms with Crippen LogP contribution in [-0.2, 0) is 23.1 Å². The number of hydrogen-bond donors (Lipinski definition) is 2. The van der Waals surface area contributed by atoms with Crippen LogP contribution in [0.3, 0.4) is 0 Å². The van der Waals surface area contributed by atoms with Crippen LogP contribution in [0.4, 0.5) is 0 Å². The molecule has 160 valence electrons. The zero-order valence-electron chi connectivity index (χ0n) is 18.2. The van der Waals surface area contributed by atoms with Crippen LogP contribution in [0.2, 0.25) is 0 Å². The lowest BCUT2D eigenvalue weighted by Crippen LogP contribution is -2.35. The predicted octanol–water partition coefficient (Wildman–Crippen LogP) is 4.66. The van der Waals surface area contributed by atoms with Crippen molar-refractivity contribution in [3.63, 3.8) is 0 Å². The number of hydrogen-bond acceptors (Lipinski definition) is 3. The molecule has 1 aliphatic rings. The van der Waals surface area contributed by atoms with Crippen molar-refractivity contribution in [3.8, 4) is 0 Å². The van der Waals surface area contributed by atoms with Gasteiger partial charge in [0.05, 0.1) is 19.3 Å². The number of para-hydroxylation sites is 1. The number of aliphatic hydroxyl groups excluding tert-OH is 1. The van der Waals surface area contributed by atoms with Gasteiger partial charge in [0, 0.05) is 30.8 Å². The quantitative estimate of drug-likeness (QED) is 0.572. The Balaban J connectivity index is 1.34. The number of H-pyrrole nitrogens is 1. The minimum atomic E-state index is -0.325. The van der Waals surface area contributed by atoms with E-state index in [4.69, 9.17) is 4.74 Å². The molecular formula is C26H34N2O2. The summed E-state index contributed by atoms with van der Waals surface area (Å²) in [7, 11) is 0. The molecule has 0 radical (unpaired) electrons. The largest absolute Gasteiger partial charge is 0.393 e. The summed E-state index contributed by atoms with van der Waals surface area (Å²) in [5, 5.41) is 12.0. The molecule has 4 rings (SSSR count). The standard InChI is InChI=1S/C26H34N2O2/c1-26(2,22-8-5-6-20(16-22)19-28-12-14-30-15-13-28)18-24(29)11-10-23-17-21-7-3-4-9-25(21)27-23/h3-9,16-17,24,27,29H,10-15,18-19H2,1-2H3. The zero-order chi connectivity index (χ0) is 21.0. The van der Waals surface area contributed by atoms with E-state index in [0.29, 0.717) is 0 Å². The van der Waals surface area contributed by atoms with E-state index >= 15 is 0 Å². The highest BCUT2D eigenvalue weighted by molar-refractivity contribution is 5.80. The monoisotopic (exact) mass is 406 g/mol. The summed E-state index contributed by atoms with van der Waals surface area (Å²) < 4.78 is 5.46. The van der Waals surface area contributed by atoms with E-state index < -0.39 is 0 Å². The van der Waals surface area contributed by atoms with Crippen molar-refractivity contribution in [2.75, 3.05) is 26.3 Å². The van der Waals surface area contributed by atoms with Crippen LogP contribution in [0.1, 0.15) is 43.5 Å². The molecule has 2 aromatic carbocycles. The highest BCUT2D eigenvalue weighted by Gasteiger charge is 2.25. The molecule has 0 amide bonds. The fraction of sp³-hybridized carbons (Fsp3) is 0.462. The first-order chi connectivity index (χ1) is 14.5. The van der Waals surface area contributed by atoms with Crippen molar-refractivity contribution >= 4 is 10.9 Å². The van der Waals surface area contributed by atoms with Gasteiger partial charge in [-0.1, -0.05) is 56.3 Å². The van der Waals surface area contributed by atoms with Crippen LogP contribution in [0, 0.1) is 0 Å². The number of fused-ring (bicyclic) bond motifs is 1. The fourth-order valence-electron chi connectivity index (χ4n) is 4.51. The second-order valence-corrected chi connectivity index (χ2v) is 9.25. The van der Waals surface area contributed by atoms with Crippen LogP contribution in [0.25, 0.3) is 10.9 Å². The van der Waals surface area contributed by atoms with Gasteiger partial charge >= 0.3 is 0 Å². The van der Waals surface area contributed by atoms with Gasteiger partial charge in [-0.2, -0.15) is 0 Å². The Hall–Kier alpha value is -2.14. The molecule has 1 saturated heterocycles. The molecule has 1 aromatic heterocycles. The number of rotatable bonds is 8. The van der Waals surface area contributed by atoms with Crippen molar-refractivity contribution in [2.24, 2.45) is 0 Å². The number of nitrogens with zero attached hydrogens (tertiary/aromatic N) is 1. The number of aromatic amines is 1. The molecule has 0 bridgehead atoms. The third-order valence-corrected chi connectivity index (χ3v) is 6.30. The average Bonchev–Trinajstić information content (AvgIpc) is 3.16. The zero-order valence-corrected chi connectivity index (χ0v) is 18.2. The van der Waals surface area contributed by atoms with Gasteiger partial charge in [-0.15, -0.1) is 0 Å². The fourth-order valence-corrected chi connectivity index (χ4v) is 4.51. The van der Waals surface area contributed by atoms with Gasteiger partial charge in [0.2, 0.25) is 0 Å². The van der Waals surface area contributed by atoms with E-state index in [0.717, 1.165) is 52.1 Å². The lowest BCUT2D eigenvalue weighted by molar-refractivity contribution is 0.0341. The van der Waals surface area contributed by atoms with Crippen LogP contribution in [0.5, 0.6) is 0 Å². The summed E-state index contributed by atoms with van der Waals surface area (Å²) in [4.78, 5) is 5.92. The van der Waals surface area contributed by atoms with E-state index in [1.807, 2.05) is 6.07 Å². The Bertz CT molecular complexity index is 923. The molecular weight excluding hydrogens is 372 g/mol. The average molecular weight is 407 g/mol. The lowest BCUT2D eigenvalue weighted by Gasteiger charge is -2.30. The van der Waals surface area contributed by atoms with Crippen molar-refractivity contribution in [3.05, 3.63) is 71.4 Å². The summed E-state index contributed by atoms with van der Waals surface area (Å²) in [6.45, 7) is 9.11. The Labute approximate surface area is 179 Å². The number of morpholine rings is 1. The van der Waals surface area contributed by atoms with Crippen LogP contribution >= 0.6 is 0 Å². The number of nitrogens with one attached hydrogen (secondary N) is 1. The summed E-state index contributed by atoms with van der Waals surface area (Å²) in [5.41, 5.74) is 4.94. The molecule has 0 aliphatic carbocycles. The molecule has 1 fully saturated rings. The SMILES string of the molecule is CC(C)(CC(O)CCc1cc2ccccc2[nH]1)c1cccc(CN2CCOCC2)c1. The second-order valence-electron chi connectivity index (χ2n) is 9.25. The second kappa shape index (κ2) is 9.34. The summed E-state index contributed by atoms with van der Waals surface area (Å²) >= 11 is 0. The van der Waals surface area contributed by atoms with Gasteiger partial charge < -0.3 is 14.8 Å². The smallest absolute Gasteiger partial charge is 0.0594 e. The third-order valence-electron chi connectivity index (χ3n) is 6.30. The minimum absolute atomic E-state index is 0.0686. The minimum Gasteiger partial charge on any atom is -0.393 e. The van der Waals surface area contributed by atoms with Crippen LogP contribution < -0.4 is 0 Å². The Kier molecular flexibility index (Phi) is 6.57. The maximum atomic E-state index is 10.8. The van der Waals surface area contributed by atoms with Crippen molar-refractivity contribution in [2.45, 2.75) is 51.2 Å². The van der Waals surface area contributed by atoms with Crippen molar-refractivity contribution in [1.29, 1.82) is 0 Å². The van der Waals surface area contributed by atoms with Crippen molar-refractivity contribution in [1.82, 2.24) is 9.88 Å². The van der Waals surface area contributed by atoms with E-state index in [1.165, 1.54) is 27.7 Å². The van der Waals surface area contributed by atoms with Crippen molar-refractivity contribution < 1.29 is 9.84 Å². The molecule has 1 atom stereocenters. The summed E-state index contributed by atoms with van der Waals surface area (Å²) in [5.74, 6) is 0. The first kappa shape index (κ1) is 21.1. The van der Waals surface area contributed by atoms with Crippen LogP contribution in [-0.4, -0.2) is 47.4 Å². The van der Waals surface area contributed by atoms with Crippen LogP contribution in [0.15, 0.2) is 54.6 Å². The Morgan fingerprint density at radius 3 is 2.67 bits per heavy atom. The van der Waals surface area contributed by atoms with Gasteiger partial charge in [-0.3, -0.25) is 4.90 Å². The number of ether oxygens (including phenoxy) is 1. The Morgan fingerprint density at radius 1 is 1.07 bits per heavy atom. The maximum absolute atomic E-state index is 10.8. The summed E-state index contributed by atoms with van der Waals surface area (Å²) in [6.07, 6.45) is 2.07. The molecule has 3 aromatic rings. The highest BCUT2D eigenvalue weighted by Crippen LogP contribution is 2.30. The van der Waals surface area contributed by atoms with Gasteiger partial charge in [0.25, 0.3) is 0 Å². The van der Waals surface area contributed by atoms with E-state index in [1.54, 1.807) is 0 Å². The van der Waals surface area contributed by atoms with E-state index in [9.17, 15) is 5.11 Å². The molecule has 1 aliphatic heterocycles. The topological polar surface area (TPSA) is 48.5 Å². The summed E-state index contributed by atoms with van der Waals surface area (Å²) in [6, 6.07) is 19.4. The number of aliphatic hydroxyl groups is 1. The molecule has 0 spiro atoms. The van der Waals surface area contributed by atoms with Gasteiger partial charge in [0.1, 0.15) is 0 Å². The first-order valence-corrected chi connectivity index (χ1v) is 11.1. The number of aromatic nitrogens is 1. The lowest BCUT2D eigenvalue weighted by atomic mass is 9.78. The molecule has 30 heavy (non-hydrogen) atoms. The number of benzene rings is 2. The maximum Gasteiger partial charge on any atom is 0.0594 e.